The molecule has 0 spiro atoms. The molecule has 0 aliphatic heterocycles. The number of benzene rings is 2. The fourth-order valence-corrected chi connectivity index (χ4v) is 1.65. The highest BCUT2D eigenvalue weighted by atomic mass is 16.4. The summed E-state index contributed by atoms with van der Waals surface area (Å²) in [6.07, 6.45) is 0. The van der Waals surface area contributed by atoms with E-state index in [4.69, 9.17) is 10.0 Å². The van der Waals surface area contributed by atoms with E-state index >= 15 is 0 Å². The van der Waals surface area contributed by atoms with Gasteiger partial charge in [0.15, 0.2) is 0 Å². The van der Waals surface area contributed by atoms with Crippen LogP contribution in [0.1, 0.15) is 5.56 Å². The number of fused-ring (bicyclic) bond motifs is 1. The molecule has 0 aromatic heterocycles. The lowest BCUT2D eigenvalue weighted by molar-refractivity contribution is 0.426. The van der Waals surface area contributed by atoms with Gasteiger partial charge < -0.3 is 10.0 Å². The third-order valence-corrected chi connectivity index (χ3v) is 2.35. The second-order valence-electron chi connectivity index (χ2n) is 3.45. The summed E-state index contributed by atoms with van der Waals surface area (Å²) in [5.74, 6) is 0. The molecule has 0 fully saturated rings. The van der Waals surface area contributed by atoms with Crippen molar-refractivity contribution in [1.29, 1.82) is 0 Å². The normalized spacial score (nSPS) is 10.5. The Morgan fingerprint density at radius 3 is 2.57 bits per heavy atom. The smallest absolute Gasteiger partial charge is 0.423 e. The third-order valence-electron chi connectivity index (χ3n) is 2.35. The Labute approximate surface area is 83.0 Å². The summed E-state index contributed by atoms with van der Waals surface area (Å²) in [6, 6.07) is 11.4. The summed E-state index contributed by atoms with van der Waals surface area (Å²) >= 11 is 0. The molecule has 2 aromatic rings. The summed E-state index contributed by atoms with van der Waals surface area (Å²) < 4.78 is 0. The largest absolute Gasteiger partial charge is 0.489 e. The van der Waals surface area contributed by atoms with Crippen LogP contribution < -0.4 is 5.46 Å². The first-order valence-corrected chi connectivity index (χ1v) is 4.54. The molecule has 14 heavy (non-hydrogen) atoms. The van der Waals surface area contributed by atoms with E-state index in [0.29, 0.717) is 5.46 Å². The first kappa shape index (κ1) is 9.25. The van der Waals surface area contributed by atoms with E-state index in [1.54, 1.807) is 6.07 Å². The third kappa shape index (κ3) is 1.52. The van der Waals surface area contributed by atoms with Crippen LogP contribution in [-0.2, 0) is 0 Å². The zero-order valence-corrected chi connectivity index (χ0v) is 7.94. The standard InChI is InChI=1S/C11H11BO2/c1-8-5-6-10-9(7-8)3-2-4-11(10)12(13)14/h2-7,13-14H,1H3. The highest BCUT2D eigenvalue weighted by molar-refractivity contribution is 6.61. The first-order valence-electron chi connectivity index (χ1n) is 4.54. The molecule has 0 aliphatic carbocycles. The van der Waals surface area contributed by atoms with Gasteiger partial charge in [-0.2, -0.15) is 0 Å². The monoisotopic (exact) mass is 186 g/mol. The van der Waals surface area contributed by atoms with Gasteiger partial charge in [0, 0.05) is 0 Å². The van der Waals surface area contributed by atoms with Crippen LogP contribution in [0, 0.1) is 6.92 Å². The van der Waals surface area contributed by atoms with Crippen LogP contribution >= 0.6 is 0 Å². The fraction of sp³-hybridized carbons (Fsp3) is 0.0909. The lowest BCUT2D eigenvalue weighted by atomic mass is 9.77. The zero-order chi connectivity index (χ0) is 10.1. The van der Waals surface area contributed by atoms with Crippen LogP contribution in [0.2, 0.25) is 0 Å². The van der Waals surface area contributed by atoms with Crippen LogP contribution in [-0.4, -0.2) is 17.2 Å². The van der Waals surface area contributed by atoms with Crippen LogP contribution in [0.25, 0.3) is 10.8 Å². The molecule has 0 saturated carbocycles. The molecule has 0 heterocycles. The molecule has 0 atom stereocenters. The van der Waals surface area contributed by atoms with Crippen molar-refractivity contribution in [2.75, 3.05) is 0 Å². The highest BCUT2D eigenvalue weighted by Crippen LogP contribution is 2.13. The minimum Gasteiger partial charge on any atom is -0.423 e. The Balaban J connectivity index is 2.75. The molecule has 0 amide bonds. The molecule has 0 bridgehead atoms. The molecule has 0 saturated heterocycles. The van der Waals surface area contributed by atoms with Gasteiger partial charge in [0.2, 0.25) is 0 Å². The van der Waals surface area contributed by atoms with E-state index < -0.39 is 7.12 Å². The second-order valence-corrected chi connectivity index (χ2v) is 3.45. The predicted octanol–water partition coefficient (Wildman–Crippen LogP) is 0.828. The molecular formula is C11H11BO2. The van der Waals surface area contributed by atoms with E-state index in [9.17, 15) is 0 Å². The SMILES string of the molecule is Cc1ccc2c(B(O)O)cccc2c1. The van der Waals surface area contributed by atoms with Gasteiger partial charge in [-0.25, -0.2) is 0 Å². The van der Waals surface area contributed by atoms with Crippen molar-refractivity contribution in [3.8, 4) is 0 Å². The maximum absolute atomic E-state index is 9.15. The zero-order valence-electron chi connectivity index (χ0n) is 7.94. The summed E-state index contributed by atoms with van der Waals surface area (Å²) in [7, 11) is -1.40. The highest BCUT2D eigenvalue weighted by Gasteiger charge is 2.13. The van der Waals surface area contributed by atoms with Gasteiger partial charge in [0.1, 0.15) is 0 Å². The Morgan fingerprint density at radius 1 is 1.07 bits per heavy atom. The fourth-order valence-electron chi connectivity index (χ4n) is 1.65. The second kappa shape index (κ2) is 3.44. The molecule has 0 radical (unpaired) electrons. The molecule has 2 nitrogen and oxygen atoms in total. The topological polar surface area (TPSA) is 40.5 Å². The Hall–Kier alpha value is -1.32. The minimum atomic E-state index is -1.40. The average Bonchev–Trinajstić information content (AvgIpc) is 2.16. The Bertz CT molecular complexity index is 466. The van der Waals surface area contributed by atoms with Crippen molar-refractivity contribution in [3.05, 3.63) is 42.0 Å². The van der Waals surface area contributed by atoms with Gasteiger partial charge in [-0.1, -0.05) is 42.0 Å². The summed E-state index contributed by atoms with van der Waals surface area (Å²) in [6.45, 7) is 2.02. The van der Waals surface area contributed by atoms with Crippen LogP contribution in [0.4, 0.5) is 0 Å². The molecule has 2 aromatic carbocycles. The van der Waals surface area contributed by atoms with Gasteiger partial charge in [0.25, 0.3) is 0 Å². The van der Waals surface area contributed by atoms with E-state index in [0.717, 1.165) is 10.8 Å². The molecule has 3 heteroatoms. The summed E-state index contributed by atoms with van der Waals surface area (Å²) in [5.41, 5.74) is 1.73. The minimum absolute atomic E-state index is 0.558. The van der Waals surface area contributed by atoms with Crippen LogP contribution in [0.5, 0.6) is 0 Å². The van der Waals surface area contributed by atoms with Crippen molar-refractivity contribution < 1.29 is 10.0 Å². The van der Waals surface area contributed by atoms with Crippen LogP contribution in [0.15, 0.2) is 36.4 Å². The summed E-state index contributed by atoms with van der Waals surface area (Å²) in [5, 5.41) is 20.2. The van der Waals surface area contributed by atoms with E-state index in [-0.39, 0.29) is 0 Å². The number of hydrogen-bond donors (Lipinski definition) is 2. The molecule has 70 valence electrons. The predicted molar refractivity (Wildman–Crippen MR) is 58.5 cm³/mol. The van der Waals surface area contributed by atoms with Gasteiger partial charge in [-0.05, 0) is 23.2 Å². The van der Waals surface area contributed by atoms with Crippen molar-refractivity contribution in [3.63, 3.8) is 0 Å². The lowest BCUT2D eigenvalue weighted by Gasteiger charge is -2.05. The van der Waals surface area contributed by atoms with Gasteiger partial charge in [-0.15, -0.1) is 0 Å². The van der Waals surface area contributed by atoms with Gasteiger partial charge >= 0.3 is 7.12 Å². The number of aryl methyl sites for hydroxylation is 1. The maximum Gasteiger partial charge on any atom is 0.489 e. The molecule has 2 rings (SSSR count). The summed E-state index contributed by atoms with van der Waals surface area (Å²) in [4.78, 5) is 0. The first-order chi connectivity index (χ1) is 6.68. The Morgan fingerprint density at radius 2 is 1.86 bits per heavy atom. The average molecular weight is 186 g/mol. The quantitative estimate of drug-likeness (QED) is 0.647. The van der Waals surface area contributed by atoms with Gasteiger partial charge in [-0.3, -0.25) is 0 Å². The number of hydrogen-bond acceptors (Lipinski definition) is 2. The maximum atomic E-state index is 9.15. The number of rotatable bonds is 1. The van der Waals surface area contributed by atoms with Gasteiger partial charge in [0.05, 0.1) is 0 Å². The van der Waals surface area contributed by atoms with Crippen LogP contribution in [0.3, 0.4) is 0 Å². The molecular weight excluding hydrogens is 175 g/mol. The van der Waals surface area contributed by atoms with E-state index in [2.05, 4.69) is 0 Å². The lowest BCUT2D eigenvalue weighted by Crippen LogP contribution is -2.30. The Kier molecular flexibility index (Phi) is 2.27. The van der Waals surface area contributed by atoms with Crippen molar-refractivity contribution >= 4 is 23.4 Å². The van der Waals surface area contributed by atoms with E-state index in [1.807, 2.05) is 37.3 Å². The van der Waals surface area contributed by atoms with Crippen molar-refractivity contribution in [1.82, 2.24) is 0 Å². The molecule has 0 aliphatic rings. The molecule has 2 N–H and O–H groups in total. The van der Waals surface area contributed by atoms with Crippen molar-refractivity contribution in [2.45, 2.75) is 6.92 Å². The van der Waals surface area contributed by atoms with Crippen molar-refractivity contribution in [2.24, 2.45) is 0 Å². The molecule has 0 unspecified atom stereocenters. The van der Waals surface area contributed by atoms with E-state index in [1.165, 1.54) is 5.56 Å².